The minimum absolute atomic E-state index is 0.217. The number of likely N-dealkylation sites (tertiary alicyclic amines) is 1. The van der Waals surface area contributed by atoms with Gasteiger partial charge in [0.1, 0.15) is 17.7 Å². The molecule has 0 amide bonds. The van der Waals surface area contributed by atoms with Crippen LogP contribution in [0.4, 0.5) is 0 Å². The van der Waals surface area contributed by atoms with Gasteiger partial charge in [0, 0.05) is 26.2 Å². The summed E-state index contributed by atoms with van der Waals surface area (Å²) in [6.07, 6.45) is 4.22. The van der Waals surface area contributed by atoms with Crippen LogP contribution in [0.2, 0.25) is 0 Å². The Labute approximate surface area is 208 Å². The molecule has 1 aromatic heterocycles. The first-order valence-electron chi connectivity index (χ1n) is 13.1. The van der Waals surface area contributed by atoms with E-state index >= 15 is 0 Å². The molecule has 0 spiro atoms. The maximum Gasteiger partial charge on any atom is 0.141 e. The highest BCUT2D eigenvalue weighted by molar-refractivity contribution is 5.74. The molecule has 0 aliphatic carbocycles. The van der Waals surface area contributed by atoms with Gasteiger partial charge in [0.15, 0.2) is 0 Å². The summed E-state index contributed by atoms with van der Waals surface area (Å²) in [7, 11) is 2.18. The largest absolute Gasteiger partial charge is 0.494 e. The molecule has 7 nitrogen and oxygen atoms in total. The number of benzene rings is 2. The van der Waals surface area contributed by atoms with Crippen LogP contribution in [0.15, 0.2) is 48.5 Å². The second kappa shape index (κ2) is 12.0. The van der Waals surface area contributed by atoms with Crippen molar-refractivity contribution >= 4 is 11.0 Å². The van der Waals surface area contributed by atoms with Gasteiger partial charge in [-0.25, -0.2) is 4.98 Å². The molecular weight excluding hydrogens is 440 g/mol. The normalized spacial score (nSPS) is 19.2. The molecule has 1 N–H and O–H groups in total. The summed E-state index contributed by atoms with van der Waals surface area (Å²) in [6, 6.07) is 16.5. The first kappa shape index (κ1) is 24.3. The number of morpholine rings is 1. The highest BCUT2D eigenvalue weighted by atomic mass is 16.5. The Bertz CT molecular complexity index is 1020. The van der Waals surface area contributed by atoms with E-state index in [1.807, 2.05) is 24.3 Å². The van der Waals surface area contributed by atoms with Gasteiger partial charge < -0.3 is 24.1 Å². The number of unbranched alkanes of at least 4 members (excludes halogenated alkanes) is 1. The van der Waals surface area contributed by atoms with Gasteiger partial charge in [-0.3, -0.25) is 4.90 Å². The van der Waals surface area contributed by atoms with E-state index in [1.54, 1.807) is 0 Å². The van der Waals surface area contributed by atoms with Gasteiger partial charge in [-0.1, -0.05) is 24.3 Å². The lowest BCUT2D eigenvalue weighted by atomic mass is 10.1. The van der Waals surface area contributed by atoms with E-state index in [4.69, 9.17) is 19.2 Å². The first-order chi connectivity index (χ1) is 17.2. The number of H-pyrrole nitrogens is 1. The van der Waals surface area contributed by atoms with Crippen LogP contribution in [0.3, 0.4) is 0 Å². The average molecular weight is 479 g/mol. The zero-order valence-corrected chi connectivity index (χ0v) is 20.8. The smallest absolute Gasteiger partial charge is 0.141 e. The van der Waals surface area contributed by atoms with Crippen LogP contribution in [0, 0.1) is 0 Å². The van der Waals surface area contributed by atoms with Gasteiger partial charge in [-0.05, 0) is 69.1 Å². The minimum atomic E-state index is -0.249. The van der Waals surface area contributed by atoms with Crippen molar-refractivity contribution in [3.63, 3.8) is 0 Å². The molecule has 1 unspecified atom stereocenters. The van der Waals surface area contributed by atoms with E-state index in [0.717, 1.165) is 106 Å². The molecule has 2 saturated heterocycles. The molecule has 0 bridgehead atoms. The summed E-state index contributed by atoms with van der Waals surface area (Å²) in [6.45, 7) is 7.76. The Morgan fingerprint density at radius 1 is 1.03 bits per heavy atom. The van der Waals surface area contributed by atoms with Crippen molar-refractivity contribution < 1.29 is 14.2 Å². The highest BCUT2D eigenvalue weighted by Gasteiger charge is 2.26. The molecule has 2 aliphatic rings. The number of aromatic nitrogens is 2. The number of aromatic amines is 1. The monoisotopic (exact) mass is 478 g/mol. The third kappa shape index (κ3) is 6.61. The van der Waals surface area contributed by atoms with E-state index in [0.29, 0.717) is 0 Å². The van der Waals surface area contributed by atoms with Crippen molar-refractivity contribution in [3.8, 4) is 5.75 Å². The first-order valence-corrected chi connectivity index (χ1v) is 13.1. The number of hydrogen-bond acceptors (Lipinski definition) is 6. The summed E-state index contributed by atoms with van der Waals surface area (Å²) in [5.41, 5.74) is 3.08. The van der Waals surface area contributed by atoms with Crippen LogP contribution in [0.1, 0.15) is 43.2 Å². The fraction of sp³-hybridized carbons (Fsp3) is 0.536. The van der Waals surface area contributed by atoms with Gasteiger partial charge in [-0.2, -0.15) is 0 Å². The van der Waals surface area contributed by atoms with Crippen LogP contribution in [-0.4, -0.2) is 85.5 Å². The molecule has 35 heavy (non-hydrogen) atoms. The van der Waals surface area contributed by atoms with Crippen LogP contribution < -0.4 is 4.74 Å². The summed E-state index contributed by atoms with van der Waals surface area (Å²) in [5.74, 6) is 1.75. The molecule has 3 aromatic rings. The number of fused-ring (bicyclic) bond motifs is 1. The third-order valence-corrected chi connectivity index (χ3v) is 7.05. The van der Waals surface area contributed by atoms with Gasteiger partial charge in [0.25, 0.3) is 0 Å². The summed E-state index contributed by atoms with van der Waals surface area (Å²) < 4.78 is 18.3. The van der Waals surface area contributed by atoms with Crippen LogP contribution >= 0.6 is 0 Å². The van der Waals surface area contributed by atoms with Crippen molar-refractivity contribution in [3.05, 3.63) is 59.9 Å². The van der Waals surface area contributed by atoms with Gasteiger partial charge in [0.2, 0.25) is 0 Å². The molecule has 2 fully saturated rings. The maximum absolute atomic E-state index is 6.71. The lowest BCUT2D eigenvalue weighted by molar-refractivity contribution is -0.0265. The second-order valence-corrected chi connectivity index (χ2v) is 9.74. The van der Waals surface area contributed by atoms with Crippen LogP contribution in [0.5, 0.6) is 5.75 Å². The zero-order chi connectivity index (χ0) is 23.9. The Hall–Kier alpha value is -2.45. The van der Waals surface area contributed by atoms with Gasteiger partial charge in [-0.15, -0.1) is 0 Å². The summed E-state index contributed by atoms with van der Waals surface area (Å²) >= 11 is 0. The van der Waals surface area contributed by atoms with E-state index in [-0.39, 0.29) is 12.2 Å². The topological polar surface area (TPSA) is 62.9 Å². The lowest BCUT2D eigenvalue weighted by Gasteiger charge is -2.31. The number of para-hydroxylation sites is 2. The van der Waals surface area contributed by atoms with Crippen molar-refractivity contribution in [2.24, 2.45) is 0 Å². The number of hydrogen-bond donors (Lipinski definition) is 1. The molecule has 0 radical (unpaired) electrons. The average Bonchev–Trinajstić information content (AvgIpc) is 3.33. The van der Waals surface area contributed by atoms with E-state index < -0.39 is 0 Å². The predicted octanol–water partition coefficient (Wildman–Crippen LogP) is 4.25. The number of ether oxygens (including phenoxy) is 3. The zero-order valence-electron chi connectivity index (χ0n) is 20.8. The number of imidazole rings is 1. The fourth-order valence-electron chi connectivity index (χ4n) is 4.93. The Morgan fingerprint density at radius 2 is 1.86 bits per heavy atom. The van der Waals surface area contributed by atoms with E-state index in [1.165, 1.54) is 0 Å². The fourth-order valence-corrected chi connectivity index (χ4v) is 4.93. The minimum Gasteiger partial charge on any atom is -0.494 e. The molecule has 3 heterocycles. The number of rotatable bonds is 10. The SMILES string of the molecule is CN1CCC(OC(c2cccc(OCCCCN3CCOCC3)c2)c2nc3ccccc3[nH]2)CC1. The predicted molar refractivity (Wildman–Crippen MR) is 138 cm³/mol. The van der Waals surface area contributed by atoms with E-state index in [9.17, 15) is 0 Å². The molecule has 1 atom stereocenters. The van der Waals surface area contributed by atoms with Gasteiger partial charge in [0.05, 0.1) is 37.0 Å². The number of nitrogens with zero attached hydrogens (tertiary/aromatic N) is 3. The van der Waals surface area contributed by atoms with Crippen molar-refractivity contribution in [2.45, 2.75) is 37.9 Å². The molecule has 2 aromatic carbocycles. The van der Waals surface area contributed by atoms with E-state index in [2.05, 4.69) is 46.1 Å². The molecule has 0 saturated carbocycles. The molecule has 7 heteroatoms. The number of nitrogens with one attached hydrogen (secondary N) is 1. The maximum atomic E-state index is 6.71. The molecule has 5 rings (SSSR count). The van der Waals surface area contributed by atoms with Crippen molar-refractivity contribution in [2.75, 3.05) is 59.6 Å². The quantitative estimate of drug-likeness (QED) is 0.440. The second-order valence-electron chi connectivity index (χ2n) is 9.74. The Morgan fingerprint density at radius 3 is 2.69 bits per heavy atom. The highest BCUT2D eigenvalue weighted by Crippen LogP contribution is 2.31. The van der Waals surface area contributed by atoms with Crippen LogP contribution in [0.25, 0.3) is 11.0 Å². The Balaban J connectivity index is 1.25. The Kier molecular flexibility index (Phi) is 8.31. The third-order valence-electron chi connectivity index (χ3n) is 7.05. The number of piperidine rings is 1. The summed E-state index contributed by atoms with van der Waals surface area (Å²) in [4.78, 5) is 13.2. The molecule has 2 aliphatic heterocycles. The summed E-state index contributed by atoms with van der Waals surface area (Å²) in [5, 5.41) is 0. The van der Waals surface area contributed by atoms with Crippen molar-refractivity contribution in [1.82, 2.24) is 19.8 Å². The molecular formula is C28H38N4O3. The lowest BCUT2D eigenvalue weighted by Crippen LogP contribution is -2.36. The van der Waals surface area contributed by atoms with Crippen LogP contribution in [-0.2, 0) is 9.47 Å². The van der Waals surface area contributed by atoms with Crippen molar-refractivity contribution in [1.29, 1.82) is 0 Å². The van der Waals surface area contributed by atoms with Gasteiger partial charge >= 0.3 is 0 Å². The molecule has 188 valence electrons. The standard InChI is InChI=1S/C28H38N4O3/c1-31-14-11-23(12-15-31)35-27(28-29-25-9-2-3-10-26(25)30-28)22-7-6-8-24(21-22)34-18-5-4-13-32-16-19-33-20-17-32/h2-3,6-10,21,23,27H,4-5,11-20H2,1H3,(H,29,30).